The summed E-state index contributed by atoms with van der Waals surface area (Å²) in [6, 6.07) is 9.70. The van der Waals surface area contributed by atoms with Crippen molar-refractivity contribution in [3.63, 3.8) is 0 Å². The lowest BCUT2D eigenvalue weighted by atomic mass is 9.94. The molecule has 0 aliphatic carbocycles. The van der Waals surface area contributed by atoms with E-state index in [2.05, 4.69) is 20.8 Å². The highest BCUT2D eigenvalue weighted by atomic mass is 32.2. The van der Waals surface area contributed by atoms with E-state index in [-0.39, 0.29) is 11.2 Å². The van der Waals surface area contributed by atoms with E-state index in [4.69, 9.17) is 5.73 Å². The molecule has 0 saturated heterocycles. The zero-order valence-corrected chi connectivity index (χ0v) is 14.2. The monoisotopic (exact) mass is 312 g/mol. The second-order valence-electron chi connectivity index (χ2n) is 6.59. The maximum atomic E-state index is 12.6. The molecule has 120 valence electrons. The molecule has 0 amide bonds. The van der Waals surface area contributed by atoms with Crippen LogP contribution in [-0.2, 0) is 16.6 Å². The Kier molecular flexibility index (Phi) is 6.84. The van der Waals surface area contributed by atoms with Gasteiger partial charge in [0.2, 0.25) is 10.0 Å². The molecule has 0 radical (unpaired) electrons. The molecule has 0 unspecified atom stereocenters. The minimum atomic E-state index is -3.25. The van der Waals surface area contributed by atoms with Crippen molar-refractivity contribution in [2.45, 2.75) is 40.2 Å². The molecule has 4 nitrogen and oxygen atoms in total. The van der Waals surface area contributed by atoms with Crippen LogP contribution < -0.4 is 5.73 Å². The van der Waals surface area contributed by atoms with E-state index in [9.17, 15) is 8.42 Å². The lowest BCUT2D eigenvalue weighted by Gasteiger charge is -2.25. The second kappa shape index (κ2) is 7.92. The van der Waals surface area contributed by atoms with Gasteiger partial charge in [-0.2, -0.15) is 4.31 Å². The fourth-order valence-electron chi connectivity index (χ4n) is 1.94. The van der Waals surface area contributed by atoms with Gasteiger partial charge in [-0.25, -0.2) is 8.42 Å². The van der Waals surface area contributed by atoms with Crippen LogP contribution >= 0.6 is 0 Å². The van der Waals surface area contributed by atoms with Crippen LogP contribution in [0.4, 0.5) is 0 Å². The first-order valence-corrected chi connectivity index (χ1v) is 9.07. The first-order chi connectivity index (χ1) is 9.74. The minimum Gasteiger partial charge on any atom is -0.330 e. The molecular weight excluding hydrogens is 284 g/mol. The van der Waals surface area contributed by atoms with Gasteiger partial charge in [0.25, 0.3) is 0 Å². The molecule has 1 aromatic carbocycles. The first-order valence-electron chi connectivity index (χ1n) is 7.46. The minimum absolute atomic E-state index is 0.0132. The lowest BCUT2D eigenvalue weighted by molar-refractivity contribution is 0.373. The average molecular weight is 312 g/mol. The SMILES string of the molecule is CC(C)(C)CCS(=O)(=O)N(CCCN)Cc1ccccc1. The number of hydrogen-bond donors (Lipinski definition) is 1. The highest BCUT2D eigenvalue weighted by Crippen LogP contribution is 2.21. The van der Waals surface area contributed by atoms with Gasteiger partial charge in [0, 0.05) is 13.1 Å². The third-order valence-electron chi connectivity index (χ3n) is 3.32. The van der Waals surface area contributed by atoms with E-state index in [1.54, 1.807) is 4.31 Å². The molecule has 0 heterocycles. The van der Waals surface area contributed by atoms with Crippen molar-refractivity contribution in [3.8, 4) is 0 Å². The zero-order valence-electron chi connectivity index (χ0n) is 13.4. The Hall–Kier alpha value is -0.910. The third kappa shape index (κ3) is 7.07. The first kappa shape index (κ1) is 18.1. The number of nitrogens with zero attached hydrogens (tertiary/aromatic N) is 1. The number of nitrogens with two attached hydrogens (primary N) is 1. The van der Waals surface area contributed by atoms with Crippen molar-refractivity contribution in [2.75, 3.05) is 18.8 Å². The predicted octanol–water partition coefficient (Wildman–Crippen LogP) is 2.60. The average Bonchev–Trinajstić information content (AvgIpc) is 2.41. The van der Waals surface area contributed by atoms with Crippen LogP contribution in [0.5, 0.6) is 0 Å². The highest BCUT2D eigenvalue weighted by molar-refractivity contribution is 7.89. The summed E-state index contributed by atoms with van der Waals surface area (Å²) in [6.07, 6.45) is 1.34. The molecule has 5 heteroatoms. The number of sulfonamides is 1. The molecular formula is C16H28N2O2S. The van der Waals surface area contributed by atoms with E-state index in [1.807, 2.05) is 30.3 Å². The van der Waals surface area contributed by atoms with E-state index in [1.165, 1.54) is 0 Å². The van der Waals surface area contributed by atoms with Crippen molar-refractivity contribution >= 4 is 10.0 Å². The molecule has 21 heavy (non-hydrogen) atoms. The van der Waals surface area contributed by atoms with Gasteiger partial charge in [-0.1, -0.05) is 51.1 Å². The standard InChI is InChI=1S/C16H28N2O2S/c1-16(2,3)10-13-21(19,20)18(12-7-11-17)14-15-8-5-4-6-9-15/h4-6,8-9H,7,10-14,17H2,1-3H3. The summed E-state index contributed by atoms with van der Waals surface area (Å²) in [7, 11) is -3.25. The second-order valence-corrected chi connectivity index (χ2v) is 8.68. The summed E-state index contributed by atoms with van der Waals surface area (Å²) in [6.45, 7) is 7.59. The van der Waals surface area contributed by atoms with Gasteiger partial charge in [0.05, 0.1) is 5.75 Å². The van der Waals surface area contributed by atoms with E-state index in [0.717, 1.165) is 5.56 Å². The normalized spacial score (nSPS) is 12.8. The molecule has 0 saturated carbocycles. The van der Waals surface area contributed by atoms with Gasteiger partial charge in [-0.15, -0.1) is 0 Å². The Bertz CT molecular complexity index is 507. The van der Waals surface area contributed by atoms with Gasteiger partial charge in [-0.05, 0) is 30.4 Å². The Morgan fingerprint density at radius 3 is 2.29 bits per heavy atom. The van der Waals surface area contributed by atoms with Crippen LogP contribution in [0, 0.1) is 5.41 Å². The van der Waals surface area contributed by atoms with Crippen molar-refractivity contribution in [2.24, 2.45) is 11.1 Å². The van der Waals surface area contributed by atoms with Crippen LogP contribution in [0.1, 0.15) is 39.2 Å². The molecule has 0 spiro atoms. The van der Waals surface area contributed by atoms with Crippen molar-refractivity contribution in [1.82, 2.24) is 4.31 Å². The summed E-state index contributed by atoms with van der Waals surface area (Å²) in [5.74, 6) is 0.188. The number of benzene rings is 1. The van der Waals surface area contributed by atoms with Crippen LogP contribution in [0.15, 0.2) is 30.3 Å². The van der Waals surface area contributed by atoms with Crippen LogP contribution in [0.2, 0.25) is 0 Å². The lowest BCUT2D eigenvalue weighted by Crippen LogP contribution is -2.35. The van der Waals surface area contributed by atoms with Gasteiger partial charge in [0.1, 0.15) is 0 Å². The van der Waals surface area contributed by atoms with E-state index in [0.29, 0.717) is 32.5 Å². The van der Waals surface area contributed by atoms with Crippen molar-refractivity contribution in [3.05, 3.63) is 35.9 Å². The maximum Gasteiger partial charge on any atom is 0.214 e. The molecule has 0 aliphatic heterocycles. The molecule has 2 N–H and O–H groups in total. The smallest absolute Gasteiger partial charge is 0.214 e. The van der Waals surface area contributed by atoms with E-state index >= 15 is 0 Å². The molecule has 0 bridgehead atoms. The fraction of sp³-hybridized carbons (Fsp3) is 0.625. The summed E-state index contributed by atoms with van der Waals surface area (Å²) >= 11 is 0. The number of rotatable bonds is 8. The molecule has 1 aromatic rings. The fourth-order valence-corrected chi connectivity index (χ4v) is 3.82. The maximum absolute atomic E-state index is 12.6. The largest absolute Gasteiger partial charge is 0.330 e. The predicted molar refractivity (Wildman–Crippen MR) is 88.4 cm³/mol. The van der Waals surface area contributed by atoms with Gasteiger partial charge >= 0.3 is 0 Å². The number of hydrogen-bond acceptors (Lipinski definition) is 3. The Balaban J connectivity index is 2.80. The van der Waals surface area contributed by atoms with Gasteiger partial charge in [-0.3, -0.25) is 0 Å². The highest BCUT2D eigenvalue weighted by Gasteiger charge is 2.24. The topological polar surface area (TPSA) is 63.4 Å². The Morgan fingerprint density at radius 2 is 1.76 bits per heavy atom. The molecule has 1 rings (SSSR count). The quantitative estimate of drug-likeness (QED) is 0.802. The van der Waals surface area contributed by atoms with Crippen molar-refractivity contribution < 1.29 is 8.42 Å². The van der Waals surface area contributed by atoms with Crippen LogP contribution in [0.25, 0.3) is 0 Å². The summed E-state index contributed by atoms with van der Waals surface area (Å²) in [5.41, 5.74) is 6.56. The Morgan fingerprint density at radius 1 is 1.14 bits per heavy atom. The molecule has 0 fully saturated rings. The van der Waals surface area contributed by atoms with Gasteiger partial charge in [0.15, 0.2) is 0 Å². The summed E-state index contributed by atoms with van der Waals surface area (Å²) in [5, 5.41) is 0. The molecule has 0 atom stereocenters. The zero-order chi connectivity index (χ0) is 15.9. The summed E-state index contributed by atoms with van der Waals surface area (Å²) < 4.78 is 26.7. The molecule has 0 aromatic heterocycles. The van der Waals surface area contributed by atoms with Crippen molar-refractivity contribution in [1.29, 1.82) is 0 Å². The third-order valence-corrected chi connectivity index (χ3v) is 5.14. The van der Waals surface area contributed by atoms with Crippen LogP contribution in [0.3, 0.4) is 0 Å². The van der Waals surface area contributed by atoms with E-state index < -0.39 is 10.0 Å². The van der Waals surface area contributed by atoms with Gasteiger partial charge < -0.3 is 5.73 Å². The summed E-state index contributed by atoms with van der Waals surface area (Å²) in [4.78, 5) is 0. The Labute approximate surface area is 129 Å². The molecule has 0 aliphatic rings. The van der Waals surface area contributed by atoms with Crippen LogP contribution in [-0.4, -0.2) is 31.6 Å².